The minimum Gasteiger partial charge on any atom is -0.452 e. The van der Waals surface area contributed by atoms with Crippen molar-refractivity contribution in [2.75, 3.05) is 13.1 Å². The Morgan fingerprint density at radius 3 is 2.56 bits per heavy atom. The zero-order chi connectivity index (χ0) is 19.2. The van der Waals surface area contributed by atoms with Gasteiger partial charge in [0.25, 0.3) is 0 Å². The summed E-state index contributed by atoms with van der Waals surface area (Å²) < 4.78 is 11.0. The van der Waals surface area contributed by atoms with E-state index >= 15 is 0 Å². The van der Waals surface area contributed by atoms with Crippen molar-refractivity contribution < 1.29 is 19.1 Å². The van der Waals surface area contributed by atoms with Gasteiger partial charge >= 0.3 is 6.09 Å². The number of hydrogen-bond donors (Lipinski definition) is 0. The quantitative estimate of drug-likeness (QED) is 0.723. The van der Waals surface area contributed by atoms with Crippen LogP contribution in [-0.4, -0.2) is 29.9 Å². The van der Waals surface area contributed by atoms with E-state index < -0.39 is 6.09 Å². The van der Waals surface area contributed by atoms with E-state index in [-0.39, 0.29) is 11.5 Å². The van der Waals surface area contributed by atoms with Crippen LogP contribution in [0.25, 0.3) is 6.08 Å². The molecule has 0 radical (unpaired) electrons. The van der Waals surface area contributed by atoms with Crippen LogP contribution in [0.15, 0.2) is 66.4 Å². The fourth-order valence-corrected chi connectivity index (χ4v) is 2.70. The number of carbonyl (C=O) groups excluding carboxylic acids is 2. The molecule has 0 fully saturated rings. The molecule has 2 aromatic rings. The third-order valence-electron chi connectivity index (χ3n) is 4.20. The average molecular weight is 363 g/mol. The van der Waals surface area contributed by atoms with Crippen LogP contribution in [0.3, 0.4) is 0 Å². The highest BCUT2D eigenvalue weighted by molar-refractivity contribution is 6.12. The van der Waals surface area contributed by atoms with Crippen molar-refractivity contribution in [3.63, 3.8) is 0 Å². The molecule has 0 saturated heterocycles. The number of nitrogens with zero attached hydrogens (tertiary/aromatic N) is 1. The number of Topliss-reactive ketones (excluding diaryl/α,β-unsaturated/α-hetero) is 1. The van der Waals surface area contributed by atoms with Crippen LogP contribution in [0, 0.1) is 0 Å². The van der Waals surface area contributed by atoms with Crippen molar-refractivity contribution in [1.29, 1.82) is 0 Å². The molecule has 0 aliphatic carbocycles. The molecule has 138 valence electrons. The van der Waals surface area contributed by atoms with Crippen molar-refractivity contribution >= 4 is 18.0 Å². The topological polar surface area (TPSA) is 55.8 Å². The number of fused-ring (bicyclic) bond motifs is 1. The zero-order valence-corrected chi connectivity index (χ0v) is 15.3. The lowest BCUT2D eigenvalue weighted by Crippen LogP contribution is -2.33. The van der Waals surface area contributed by atoms with E-state index in [9.17, 15) is 9.59 Å². The average Bonchev–Trinajstić information content (AvgIpc) is 2.99. The van der Waals surface area contributed by atoms with E-state index in [4.69, 9.17) is 9.47 Å². The first-order valence-corrected chi connectivity index (χ1v) is 8.89. The van der Waals surface area contributed by atoms with Gasteiger partial charge in [-0.25, -0.2) is 4.79 Å². The van der Waals surface area contributed by atoms with Crippen molar-refractivity contribution in [2.24, 2.45) is 0 Å². The highest BCUT2D eigenvalue weighted by Crippen LogP contribution is 2.34. The van der Waals surface area contributed by atoms with Crippen LogP contribution in [0.4, 0.5) is 4.79 Å². The first-order valence-electron chi connectivity index (χ1n) is 8.89. The van der Waals surface area contributed by atoms with Gasteiger partial charge in [0, 0.05) is 19.2 Å². The molecule has 5 heteroatoms. The van der Waals surface area contributed by atoms with Crippen LogP contribution in [0.2, 0.25) is 0 Å². The molecule has 2 aromatic carbocycles. The molecule has 0 bridgehead atoms. The first kappa shape index (κ1) is 18.5. The highest BCUT2D eigenvalue weighted by atomic mass is 16.6. The summed E-state index contributed by atoms with van der Waals surface area (Å²) in [5.41, 5.74) is 1.49. The number of carbonyl (C=O) groups is 2. The Labute approximate surface area is 158 Å². The Morgan fingerprint density at radius 1 is 1.11 bits per heavy atom. The second kappa shape index (κ2) is 8.36. The number of hydrogen-bond acceptors (Lipinski definition) is 4. The van der Waals surface area contributed by atoms with E-state index in [1.807, 2.05) is 50.3 Å². The van der Waals surface area contributed by atoms with Gasteiger partial charge in [0.15, 0.2) is 5.76 Å². The number of benzene rings is 2. The fourth-order valence-electron chi connectivity index (χ4n) is 2.70. The molecule has 0 unspecified atom stereocenters. The van der Waals surface area contributed by atoms with E-state index in [1.165, 1.54) is 0 Å². The predicted octanol–water partition coefficient (Wildman–Crippen LogP) is 4.70. The van der Waals surface area contributed by atoms with Crippen molar-refractivity contribution in [2.45, 2.75) is 13.8 Å². The molecule has 27 heavy (non-hydrogen) atoms. The Balaban J connectivity index is 1.72. The SMILES string of the molecule is CCN(CC)C(=O)Oc1ccc2c(c1)O/C(=C\C=C\c1ccccc1)C2=O. The summed E-state index contributed by atoms with van der Waals surface area (Å²) in [7, 11) is 0. The molecule has 0 aromatic heterocycles. The molecule has 1 aliphatic rings. The van der Waals surface area contributed by atoms with Gasteiger partial charge in [0.2, 0.25) is 5.78 Å². The molecule has 5 nitrogen and oxygen atoms in total. The normalized spacial score (nSPS) is 14.3. The summed E-state index contributed by atoms with van der Waals surface area (Å²) in [6, 6.07) is 14.6. The van der Waals surface area contributed by atoms with E-state index in [2.05, 4.69) is 0 Å². The predicted molar refractivity (Wildman–Crippen MR) is 104 cm³/mol. The lowest BCUT2D eigenvalue weighted by molar-refractivity contribution is 0.101. The van der Waals surface area contributed by atoms with Crippen molar-refractivity contribution in [3.05, 3.63) is 77.6 Å². The molecule has 1 amide bonds. The number of rotatable bonds is 5. The number of ether oxygens (including phenoxy) is 2. The Morgan fingerprint density at radius 2 is 1.85 bits per heavy atom. The van der Waals surface area contributed by atoms with Gasteiger partial charge < -0.3 is 14.4 Å². The minimum absolute atomic E-state index is 0.190. The third kappa shape index (κ3) is 4.26. The second-order valence-corrected chi connectivity index (χ2v) is 5.93. The van der Waals surface area contributed by atoms with Crippen LogP contribution >= 0.6 is 0 Å². The van der Waals surface area contributed by atoms with Crippen LogP contribution in [0.5, 0.6) is 11.5 Å². The molecule has 0 atom stereocenters. The molecular formula is C22H21NO4. The van der Waals surface area contributed by atoms with Gasteiger partial charge in [0.05, 0.1) is 5.56 Å². The maximum atomic E-state index is 12.4. The number of amides is 1. The molecule has 1 heterocycles. The minimum atomic E-state index is -0.425. The van der Waals surface area contributed by atoms with E-state index in [0.29, 0.717) is 30.2 Å². The first-order chi connectivity index (χ1) is 13.1. The fraction of sp³-hybridized carbons (Fsp3) is 0.182. The summed E-state index contributed by atoms with van der Waals surface area (Å²) >= 11 is 0. The zero-order valence-electron chi connectivity index (χ0n) is 15.3. The Bertz CT molecular complexity index is 896. The Kier molecular flexibility index (Phi) is 5.71. The molecular weight excluding hydrogens is 342 g/mol. The van der Waals surface area contributed by atoms with Gasteiger partial charge in [0.1, 0.15) is 11.5 Å². The summed E-state index contributed by atoms with van der Waals surface area (Å²) in [6.45, 7) is 4.90. The monoisotopic (exact) mass is 363 g/mol. The maximum absolute atomic E-state index is 12.4. The maximum Gasteiger partial charge on any atom is 0.415 e. The second-order valence-electron chi connectivity index (χ2n) is 5.93. The van der Waals surface area contributed by atoms with E-state index in [0.717, 1.165) is 5.56 Å². The molecule has 3 rings (SSSR count). The summed E-state index contributed by atoms with van der Waals surface area (Å²) in [5, 5.41) is 0. The lowest BCUT2D eigenvalue weighted by atomic mass is 10.1. The van der Waals surface area contributed by atoms with Crippen molar-refractivity contribution in [1.82, 2.24) is 4.90 Å². The smallest absolute Gasteiger partial charge is 0.415 e. The van der Waals surface area contributed by atoms with Gasteiger partial charge in [-0.1, -0.05) is 42.5 Å². The molecule has 0 saturated carbocycles. The van der Waals surface area contributed by atoms with Gasteiger partial charge in [-0.3, -0.25) is 4.79 Å². The van der Waals surface area contributed by atoms with Gasteiger partial charge in [-0.05, 0) is 37.6 Å². The van der Waals surface area contributed by atoms with Crippen LogP contribution in [-0.2, 0) is 0 Å². The summed E-state index contributed by atoms with van der Waals surface area (Å²) in [4.78, 5) is 26.1. The lowest BCUT2D eigenvalue weighted by Gasteiger charge is -2.17. The molecule has 1 aliphatic heterocycles. The third-order valence-corrected chi connectivity index (χ3v) is 4.20. The summed E-state index contributed by atoms with van der Waals surface area (Å²) in [6.07, 6.45) is 4.88. The van der Waals surface area contributed by atoms with Crippen LogP contribution in [0.1, 0.15) is 29.8 Å². The number of allylic oxidation sites excluding steroid dienone is 3. The highest BCUT2D eigenvalue weighted by Gasteiger charge is 2.27. The molecule has 0 spiro atoms. The van der Waals surface area contributed by atoms with Gasteiger partial charge in [-0.15, -0.1) is 0 Å². The largest absolute Gasteiger partial charge is 0.452 e. The molecule has 0 N–H and O–H groups in total. The van der Waals surface area contributed by atoms with Crippen LogP contribution < -0.4 is 9.47 Å². The van der Waals surface area contributed by atoms with E-state index in [1.54, 1.807) is 35.3 Å². The Hall–Kier alpha value is -3.34. The number of ketones is 1. The standard InChI is InChI=1S/C22H21NO4/c1-3-23(4-2)22(25)26-17-13-14-18-20(15-17)27-19(21(18)24)12-8-11-16-9-6-5-7-10-16/h5-15H,3-4H2,1-2H3/b11-8+,19-12-. The van der Waals surface area contributed by atoms with Gasteiger partial charge in [-0.2, -0.15) is 0 Å². The van der Waals surface area contributed by atoms with Crippen molar-refractivity contribution in [3.8, 4) is 11.5 Å². The summed E-state index contributed by atoms with van der Waals surface area (Å²) in [5.74, 6) is 0.789.